The van der Waals surface area contributed by atoms with Crippen LogP contribution in [0.1, 0.15) is 31.2 Å². The van der Waals surface area contributed by atoms with Gasteiger partial charge in [-0.15, -0.1) is 0 Å². The van der Waals surface area contributed by atoms with Crippen LogP contribution in [0.2, 0.25) is 0 Å². The molecule has 2 fully saturated rings. The molecule has 1 saturated heterocycles. The molecule has 4 rings (SSSR count). The fourth-order valence-corrected chi connectivity index (χ4v) is 5.81. The summed E-state index contributed by atoms with van der Waals surface area (Å²) in [4.78, 5) is 24.9. The van der Waals surface area contributed by atoms with Crippen LogP contribution in [0.25, 0.3) is 0 Å². The summed E-state index contributed by atoms with van der Waals surface area (Å²) in [6, 6.07) is 12.1. The lowest BCUT2D eigenvalue weighted by Gasteiger charge is -2.29. The third-order valence-electron chi connectivity index (χ3n) is 6.00. The molecule has 0 unspecified atom stereocenters. The number of benzene rings is 2. The van der Waals surface area contributed by atoms with Gasteiger partial charge in [0.15, 0.2) is 0 Å². The molecule has 164 valence electrons. The quantitative estimate of drug-likeness (QED) is 0.739. The van der Waals surface area contributed by atoms with Gasteiger partial charge in [-0.2, -0.15) is 4.31 Å². The Morgan fingerprint density at radius 2 is 1.84 bits per heavy atom. The highest BCUT2D eigenvalue weighted by Gasteiger charge is 2.43. The molecule has 0 bridgehead atoms. The lowest BCUT2D eigenvalue weighted by atomic mass is 9.78. The lowest BCUT2D eigenvalue weighted by Crippen LogP contribution is -2.49. The molecular formula is C22H24FN3O4S. The van der Waals surface area contributed by atoms with Crippen molar-refractivity contribution in [2.24, 2.45) is 0 Å². The first-order valence-corrected chi connectivity index (χ1v) is 11.7. The minimum Gasteiger partial charge on any atom is -0.354 e. The van der Waals surface area contributed by atoms with Crippen LogP contribution in [-0.2, 0) is 25.0 Å². The maximum absolute atomic E-state index is 13.8. The molecule has 1 aliphatic carbocycles. The van der Waals surface area contributed by atoms with Gasteiger partial charge in [0.1, 0.15) is 5.82 Å². The molecule has 2 aromatic rings. The fraction of sp³-hybridized carbons (Fsp3) is 0.364. The van der Waals surface area contributed by atoms with Gasteiger partial charge < -0.3 is 10.6 Å². The van der Waals surface area contributed by atoms with Crippen LogP contribution >= 0.6 is 0 Å². The van der Waals surface area contributed by atoms with E-state index in [0.29, 0.717) is 24.1 Å². The number of carbonyl (C=O) groups is 2. The SMILES string of the molecule is O=C1CN(S(=O)(=O)c2cccc(NC(=O)C3(c4cccc(F)c4)CCCC3)c2)CCN1. The smallest absolute Gasteiger partial charge is 0.243 e. The van der Waals surface area contributed by atoms with Gasteiger partial charge in [0, 0.05) is 18.8 Å². The molecular weight excluding hydrogens is 421 g/mol. The van der Waals surface area contributed by atoms with Gasteiger partial charge in [0.2, 0.25) is 21.8 Å². The van der Waals surface area contributed by atoms with Gasteiger partial charge in [0.25, 0.3) is 0 Å². The molecule has 1 saturated carbocycles. The highest BCUT2D eigenvalue weighted by molar-refractivity contribution is 7.89. The maximum Gasteiger partial charge on any atom is 0.243 e. The zero-order valence-corrected chi connectivity index (χ0v) is 17.8. The molecule has 2 aliphatic rings. The van der Waals surface area contributed by atoms with E-state index >= 15 is 0 Å². The first-order chi connectivity index (χ1) is 14.8. The Kier molecular flexibility index (Phi) is 5.81. The number of rotatable bonds is 5. The molecule has 0 atom stereocenters. The van der Waals surface area contributed by atoms with E-state index in [1.165, 1.54) is 24.3 Å². The number of nitrogens with one attached hydrogen (secondary N) is 2. The summed E-state index contributed by atoms with van der Waals surface area (Å²) in [6.07, 6.45) is 2.91. The highest BCUT2D eigenvalue weighted by atomic mass is 32.2. The molecule has 1 aliphatic heterocycles. The van der Waals surface area contributed by atoms with Gasteiger partial charge in [0.05, 0.1) is 16.9 Å². The maximum atomic E-state index is 13.8. The molecule has 0 aromatic heterocycles. The standard InChI is InChI=1S/C22H24FN3O4S/c23-17-6-3-5-16(13-17)22(9-1-2-10-22)21(28)25-18-7-4-8-19(14-18)31(29,30)26-12-11-24-20(27)15-26/h3-8,13-14H,1-2,9-12,15H2,(H,24,27)(H,25,28). The van der Waals surface area contributed by atoms with Crippen molar-refractivity contribution in [1.82, 2.24) is 9.62 Å². The largest absolute Gasteiger partial charge is 0.354 e. The monoisotopic (exact) mass is 445 g/mol. The van der Waals surface area contributed by atoms with E-state index in [2.05, 4.69) is 10.6 Å². The fourth-order valence-electron chi connectivity index (χ4n) is 4.37. The van der Waals surface area contributed by atoms with Gasteiger partial charge >= 0.3 is 0 Å². The average Bonchev–Trinajstić information content (AvgIpc) is 3.25. The second kappa shape index (κ2) is 8.39. The van der Waals surface area contributed by atoms with E-state index < -0.39 is 21.3 Å². The van der Waals surface area contributed by atoms with Crippen molar-refractivity contribution in [2.45, 2.75) is 36.0 Å². The third-order valence-corrected chi connectivity index (χ3v) is 7.84. The summed E-state index contributed by atoms with van der Waals surface area (Å²) in [5.74, 6) is -1.02. The van der Waals surface area contributed by atoms with E-state index in [-0.39, 0.29) is 36.3 Å². The highest BCUT2D eigenvalue weighted by Crippen LogP contribution is 2.42. The molecule has 9 heteroatoms. The Bertz CT molecular complexity index is 1110. The summed E-state index contributed by atoms with van der Waals surface area (Å²) in [5.41, 5.74) is 0.128. The van der Waals surface area contributed by atoms with E-state index in [9.17, 15) is 22.4 Å². The zero-order valence-electron chi connectivity index (χ0n) is 16.9. The number of carbonyl (C=O) groups excluding carboxylic acids is 2. The Morgan fingerprint density at radius 1 is 1.10 bits per heavy atom. The molecule has 31 heavy (non-hydrogen) atoms. The molecule has 2 amide bonds. The summed E-state index contributed by atoms with van der Waals surface area (Å²) in [7, 11) is -3.87. The second-order valence-electron chi connectivity index (χ2n) is 7.97. The van der Waals surface area contributed by atoms with Crippen LogP contribution in [0.3, 0.4) is 0 Å². The summed E-state index contributed by atoms with van der Waals surface area (Å²) in [6.45, 7) is 0.208. The molecule has 2 aromatic carbocycles. The van der Waals surface area contributed by atoms with E-state index in [4.69, 9.17) is 0 Å². The Balaban J connectivity index is 1.60. The number of hydrogen-bond acceptors (Lipinski definition) is 4. The van der Waals surface area contributed by atoms with Crippen molar-refractivity contribution >= 4 is 27.5 Å². The molecule has 2 N–H and O–H groups in total. The number of sulfonamides is 1. The van der Waals surface area contributed by atoms with E-state index in [1.807, 2.05) is 0 Å². The number of nitrogens with zero attached hydrogens (tertiary/aromatic N) is 1. The van der Waals surface area contributed by atoms with Crippen LogP contribution in [0.4, 0.5) is 10.1 Å². The number of hydrogen-bond donors (Lipinski definition) is 2. The van der Waals surface area contributed by atoms with Crippen LogP contribution in [-0.4, -0.2) is 44.2 Å². The third kappa shape index (κ3) is 4.20. The molecule has 0 radical (unpaired) electrons. The number of anilines is 1. The van der Waals surface area contributed by atoms with Crippen LogP contribution in [0.15, 0.2) is 53.4 Å². The minimum atomic E-state index is -3.87. The van der Waals surface area contributed by atoms with Crippen molar-refractivity contribution in [3.8, 4) is 0 Å². The van der Waals surface area contributed by atoms with Gasteiger partial charge in [-0.1, -0.05) is 31.0 Å². The predicted molar refractivity (Wildman–Crippen MR) is 113 cm³/mol. The zero-order chi connectivity index (χ0) is 22.1. The second-order valence-corrected chi connectivity index (χ2v) is 9.91. The first kappa shape index (κ1) is 21.5. The summed E-state index contributed by atoms with van der Waals surface area (Å²) < 4.78 is 40.8. The van der Waals surface area contributed by atoms with Crippen molar-refractivity contribution in [3.63, 3.8) is 0 Å². The first-order valence-electron chi connectivity index (χ1n) is 10.3. The van der Waals surface area contributed by atoms with Crippen molar-refractivity contribution < 1.29 is 22.4 Å². The van der Waals surface area contributed by atoms with Crippen molar-refractivity contribution in [1.29, 1.82) is 0 Å². The van der Waals surface area contributed by atoms with Gasteiger partial charge in [-0.3, -0.25) is 9.59 Å². The average molecular weight is 446 g/mol. The van der Waals surface area contributed by atoms with Crippen molar-refractivity contribution in [2.75, 3.05) is 25.0 Å². The van der Waals surface area contributed by atoms with Crippen LogP contribution in [0, 0.1) is 5.82 Å². The van der Waals surface area contributed by atoms with E-state index in [1.54, 1.807) is 24.3 Å². The summed E-state index contributed by atoms with van der Waals surface area (Å²) >= 11 is 0. The van der Waals surface area contributed by atoms with Gasteiger partial charge in [-0.25, -0.2) is 12.8 Å². The molecule has 7 nitrogen and oxygen atoms in total. The minimum absolute atomic E-state index is 0.00577. The topological polar surface area (TPSA) is 95.6 Å². The molecule has 0 spiro atoms. The predicted octanol–water partition coefficient (Wildman–Crippen LogP) is 2.40. The normalized spacial score (nSPS) is 19.1. The Morgan fingerprint density at radius 3 is 2.55 bits per heavy atom. The number of halogens is 1. The van der Waals surface area contributed by atoms with Crippen LogP contribution in [0.5, 0.6) is 0 Å². The van der Waals surface area contributed by atoms with E-state index in [0.717, 1.165) is 17.1 Å². The van der Waals surface area contributed by atoms with Crippen molar-refractivity contribution in [3.05, 3.63) is 59.9 Å². The lowest BCUT2D eigenvalue weighted by molar-refractivity contribution is -0.123. The van der Waals surface area contributed by atoms with Gasteiger partial charge in [-0.05, 0) is 48.7 Å². The van der Waals surface area contributed by atoms with Crippen LogP contribution < -0.4 is 10.6 Å². The molecule has 1 heterocycles. The number of piperazine rings is 1. The Hall–Kier alpha value is -2.78. The summed E-state index contributed by atoms with van der Waals surface area (Å²) in [5, 5.41) is 5.44. The Labute approximate surface area is 180 Å². The number of amides is 2.